The molecule has 2 aromatic rings. The predicted octanol–water partition coefficient (Wildman–Crippen LogP) is 4.03. The van der Waals surface area contributed by atoms with Gasteiger partial charge < -0.3 is 5.11 Å². The summed E-state index contributed by atoms with van der Waals surface area (Å²) in [6, 6.07) is 17.9. The number of benzene rings is 2. The average Bonchev–Trinajstić information content (AvgIpc) is 2.88. The highest BCUT2D eigenvalue weighted by atomic mass is 16.4. The van der Waals surface area contributed by atoms with Gasteiger partial charge in [-0.25, -0.2) is 0 Å². The second-order valence-corrected chi connectivity index (χ2v) is 7.74. The quantitative estimate of drug-likeness (QED) is 0.838. The Morgan fingerprint density at radius 3 is 2.63 bits per heavy atom. The molecule has 4 heteroatoms. The smallest absolute Gasteiger partial charge is 0.317 e. The van der Waals surface area contributed by atoms with Crippen LogP contribution in [0.1, 0.15) is 30.4 Å². The van der Waals surface area contributed by atoms with Crippen LogP contribution >= 0.6 is 0 Å². The van der Waals surface area contributed by atoms with Gasteiger partial charge in [0.15, 0.2) is 0 Å². The van der Waals surface area contributed by atoms with E-state index in [0.717, 1.165) is 38.9 Å². The van der Waals surface area contributed by atoms with Gasteiger partial charge in [0.25, 0.3) is 0 Å². The zero-order valence-electron chi connectivity index (χ0n) is 16.4. The average molecular weight is 367 g/mol. The van der Waals surface area contributed by atoms with E-state index in [-0.39, 0.29) is 6.54 Å². The lowest BCUT2D eigenvalue weighted by atomic mass is 10.0. The number of likely N-dealkylation sites (N-methyl/N-ethyl adjacent to an activating group) is 1. The molecule has 1 aliphatic heterocycles. The maximum atomic E-state index is 11.0. The molecule has 0 spiro atoms. The molecule has 0 radical (unpaired) electrons. The Labute approximate surface area is 162 Å². The van der Waals surface area contributed by atoms with E-state index < -0.39 is 5.97 Å². The van der Waals surface area contributed by atoms with E-state index in [2.05, 4.69) is 60.4 Å². The Bertz CT molecular complexity index is 757. The van der Waals surface area contributed by atoms with Crippen molar-refractivity contribution in [3.8, 4) is 11.1 Å². The van der Waals surface area contributed by atoms with Crippen molar-refractivity contribution >= 4 is 5.97 Å². The van der Waals surface area contributed by atoms with E-state index in [1.54, 1.807) is 0 Å². The zero-order valence-corrected chi connectivity index (χ0v) is 16.4. The molecule has 2 aromatic carbocycles. The fourth-order valence-electron chi connectivity index (χ4n) is 3.93. The first kappa shape index (κ1) is 19.6. The number of aryl methyl sites for hydroxylation is 1. The van der Waals surface area contributed by atoms with Gasteiger partial charge in [0.2, 0.25) is 0 Å². The van der Waals surface area contributed by atoms with Crippen LogP contribution in [0.15, 0.2) is 48.5 Å². The molecule has 0 aromatic heterocycles. The third-order valence-corrected chi connectivity index (χ3v) is 5.52. The molecule has 1 atom stereocenters. The van der Waals surface area contributed by atoms with E-state index in [4.69, 9.17) is 5.11 Å². The van der Waals surface area contributed by atoms with Crippen LogP contribution in [0.2, 0.25) is 0 Å². The van der Waals surface area contributed by atoms with Crippen molar-refractivity contribution in [2.75, 3.05) is 26.7 Å². The molecular formula is C23H30N2O2. The SMILES string of the molecule is Cc1ccc(-c2cccc(CN3CCCC(N(C)CC(=O)O)CC3)c2)cc1. The first-order valence-electron chi connectivity index (χ1n) is 9.81. The number of nitrogens with zero attached hydrogens (tertiary/aromatic N) is 2. The van der Waals surface area contributed by atoms with Gasteiger partial charge in [-0.3, -0.25) is 14.6 Å². The Hall–Kier alpha value is -2.17. The summed E-state index contributed by atoms with van der Waals surface area (Å²) in [6.07, 6.45) is 3.22. The van der Waals surface area contributed by atoms with Crippen LogP contribution in [-0.4, -0.2) is 53.6 Å². The van der Waals surface area contributed by atoms with Crippen molar-refractivity contribution in [2.24, 2.45) is 0 Å². The molecule has 3 rings (SSSR count). The molecule has 1 N–H and O–H groups in total. The first-order valence-corrected chi connectivity index (χ1v) is 9.81. The summed E-state index contributed by atoms with van der Waals surface area (Å²) < 4.78 is 0. The van der Waals surface area contributed by atoms with Crippen LogP contribution < -0.4 is 0 Å². The number of carbonyl (C=O) groups is 1. The minimum atomic E-state index is -0.744. The van der Waals surface area contributed by atoms with Crippen molar-refractivity contribution in [1.82, 2.24) is 9.80 Å². The van der Waals surface area contributed by atoms with Crippen LogP contribution in [0.4, 0.5) is 0 Å². The number of likely N-dealkylation sites (tertiary alicyclic amines) is 1. The van der Waals surface area contributed by atoms with E-state index in [9.17, 15) is 4.79 Å². The molecule has 1 saturated heterocycles. The minimum Gasteiger partial charge on any atom is -0.480 e. The maximum Gasteiger partial charge on any atom is 0.317 e. The fraction of sp³-hybridized carbons (Fsp3) is 0.435. The van der Waals surface area contributed by atoms with Crippen LogP contribution in [-0.2, 0) is 11.3 Å². The van der Waals surface area contributed by atoms with Gasteiger partial charge in [0.05, 0.1) is 6.54 Å². The summed E-state index contributed by atoms with van der Waals surface area (Å²) in [5.41, 5.74) is 5.14. The Morgan fingerprint density at radius 2 is 1.89 bits per heavy atom. The maximum absolute atomic E-state index is 11.0. The minimum absolute atomic E-state index is 0.128. The summed E-state index contributed by atoms with van der Waals surface area (Å²) in [5.74, 6) is -0.744. The van der Waals surface area contributed by atoms with E-state index >= 15 is 0 Å². The number of carboxylic acid groups (broad SMARTS) is 1. The van der Waals surface area contributed by atoms with Gasteiger partial charge in [-0.05, 0) is 69.1 Å². The molecule has 4 nitrogen and oxygen atoms in total. The van der Waals surface area contributed by atoms with Crippen LogP contribution in [0, 0.1) is 6.92 Å². The molecule has 1 unspecified atom stereocenters. The zero-order chi connectivity index (χ0) is 19.2. The van der Waals surface area contributed by atoms with Crippen molar-refractivity contribution in [3.05, 3.63) is 59.7 Å². The Morgan fingerprint density at radius 1 is 1.11 bits per heavy atom. The Balaban J connectivity index is 1.61. The first-order chi connectivity index (χ1) is 13.0. The normalized spacial score (nSPS) is 18.4. The van der Waals surface area contributed by atoms with E-state index in [1.807, 2.05) is 11.9 Å². The molecule has 144 valence electrons. The molecular weight excluding hydrogens is 336 g/mol. The summed E-state index contributed by atoms with van der Waals surface area (Å²) >= 11 is 0. The van der Waals surface area contributed by atoms with Crippen LogP contribution in [0.5, 0.6) is 0 Å². The Kier molecular flexibility index (Phi) is 6.64. The summed E-state index contributed by atoms with van der Waals surface area (Å²) in [6.45, 7) is 5.29. The molecule has 1 fully saturated rings. The van der Waals surface area contributed by atoms with Gasteiger partial charge in [0.1, 0.15) is 0 Å². The molecule has 1 heterocycles. The van der Waals surface area contributed by atoms with Gasteiger partial charge in [-0.2, -0.15) is 0 Å². The predicted molar refractivity (Wildman–Crippen MR) is 110 cm³/mol. The fourth-order valence-corrected chi connectivity index (χ4v) is 3.93. The topological polar surface area (TPSA) is 43.8 Å². The number of hydrogen-bond acceptors (Lipinski definition) is 3. The lowest BCUT2D eigenvalue weighted by molar-refractivity contribution is -0.138. The number of rotatable bonds is 6. The monoisotopic (exact) mass is 366 g/mol. The number of hydrogen-bond donors (Lipinski definition) is 1. The van der Waals surface area contributed by atoms with Crippen molar-refractivity contribution in [1.29, 1.82) is 0 Å². The highest BCUT2D eigenvalue weighted by Crippen LogP contribution is 2.23. The highest BCUT2D eigenvalue weighted by Gasteiger charge is 2.21. The molecule has 0 bridgehead atoms. The van der Waals surface area contributed by atoms with E-state index in [1.165, 1.54) is 22.3 Å². The van der Waals surface area contributed by atoms with Crippen molar-refractivity contribution < 1.29 is 9.90 Å². The third kappa shape index (κ3) is 5.65. The van der Waals surface area contributed by atoms with E-state index in [0.29, 0.717) is 6.04 Å². The van der Waals surface area contributed by atoms with Crippen molar-refractivity contribution in [2.45, 2.75) is 38.8 Å². The lowest BCUT2D eigenvalue weighted by Gasteiger charge is -2.25. The molecule has 27 heavy (non-hydrogen) atoms. The third-order valence-electron chi connectivity index (χ3n) is 5.52. The van der Waals surface area contributed by atoms with Gasteiger partial charge in [-0.1, -0.05) is 48.0 Å². The second kappa shape index (κ2) is 9.16. The van der Waals surface area contributed by atoms with Crippen molar-refractivity contribution in [3.63, 3.8) is 0 Å². The van der Waals surface area contributed by atoms with Gasteiger partial charge in [0, 0.05) is 12.6 Å². The number of aliphatic carboxylic acids is 1. The summed E-state index contributed by atoms with van der Waals surface area (Å²) in [4.78, 5) is 15.5. The lowest BCUT2D eigenvalue weighted by Crippen LogP contribution is -2.36. The van der Waals surface area contributed by atoms with Gasteiger partial charge >= 0.3 is 5.97 Å². The summed E-state index contributed by atoms with van der Waals surface area (Å²) in [7, 11) is 1.93. The largest absolute Gasteiger partial charge is 0.480 e. The van der Waals surface area contributed by atoms with Crippen LogP contribution in [0.25, 0.3) is 11.1 Å². The molecule has 0 amide bonds. The highest BCUT2D eigenvalue weighted by molar-refractivity contribution is 5.69. The molecule has 0 aliphatic carbocycles. The van der Waals surface area contributed by atoms with Gasteiger partial charge in [-0.15, -0.1) is 0 Å². The molecule has 1 aliphatic rings. The second-order valence-electron chi connectivity index (χ2n) is 7.74. The summed E-state index contributed by atoms with van der Waals surface area (Å²) in [5, 5.41) is 9.01. The number of carboxylic acids is 1. The van der Waals surface area contributed by atoms with Crippen LogP contribution in [0.3, 0.4) is 0 Å². The molecule has 0 saturated carbocycles. The standard InChI is InChI=1S/C23H30N2O2/c1-18-8-10-20(11-9-18)21-6-3-5-19(15-21)16-25-13-4-7-22(12-14-25)24(2)17-23(26)27/h3,5-6,8-11,15,22H,4,7,12-14,16-17H2,1-2H3,(H,26,27).